The topological polar surface area (TPSA) is 73.8 Å². The average Bonchev–Trinajstić information content (AvgIpc) is 3.57. The van der Waals surface area contributed by atoms with Crippen molar-refractivity contribution in [3.8, 4) is 0 Å². The molecular formula is C25H33ClN4O3S3. The van der Waals surface area contributed by atoms with Crippen LogP contribution in [0, 0.1) is 0 Å². The number of likely N-dealkylation sites (N-methyl/N-ethyl adjacent to an activating group) is 1. The molecule has 2 aromatic carbocycles. The second kappa shape index (κ2) is 12.7. The first-order valence-electron chi connectivity index (χ1n) is 12.0. The summed E-state index contributed by atoms with van der Waals surface area (Å²) in [7, 11) is -3.52. The molecule has 1 fully saturated rings. The highest BCUT2D eigenvalue weighted by molar-refractivity contribution is 7.98. The fourth-order valence-corrected chi connectivity index (χ4v) is 7.26. The number of hydrogen-bond acceptors (Lipinski definition) is 7. The fraction of sp³-hybridized carbons (Fsp3) is 0.440. The van der Waals surface area contributed by atoms with Gasteiger partial charge in [0.2, 0.25) is 10.0 Å². The van der Waals surface area contributed by atoms with E-state index in [-0.39, 0.29) is 23.2 Å². The van der Waals surface area contributed by atoms with E-state index in [9.17, 15) is 13.2 Å². The standard InChI is InChI=1S/C25H32N4O3S3.ClH/c1-4-27(5-2)16-17-29(25-26-22-13-10-20(33-3)18-23(22)34-25)24(30)19-8-11-21(12-9-19)35(31,32)28-14-6-7-15-28;/h8-13,18H,4-7,14-17H2,1-3H3;1H. The Bertz CT molecular complexity index is 1270. The number of anilines is 1. The molecule has 1 saturated heterocycles. The third kappa shape index (κ3) is 6.23. The highest BCUT2D eigenvalue weighted by Gasteiger charge is 2.28. The summed E-state index contributed by atoms with van der Waals surface area (Å²) in [6.07, 6.45) is 3.81. The van der Waals surface area contributed by atoms with E-state index in [0.29, 0.717) is 30.3 Å². The van der Waals surface area contributed by atoms with Crippen LogP contribution in [0.5, 0.6) is 0 Å². The first kappa shape index (κ1) is 28.9. The Morgan fingerprint density at radius 3 is 2.33 bits per heavy atom. The van der Waals surface area contributed by atoms with Crippen LogP contribution >= 0.6 is 35.5 Å². The van der Waals surface area contributed by atoms with Gasteiger partial charge >= 0.3 is 0 Å². The average molecular weight is 569 g/mol. The molecular weight excluding hydrogens is 536 g/mol. The van der Waals surface area contributed by atoms with E-state index in [1.807, 2.05) is 18.4 Å². The van der Waals surface area contributed by atoms with Gasteiger partial charge in [0, 0.05) is 36.6 Å². The lowest BCUT2D eigenvalue weighted by molar-refractivity contribution is 0.0983. The molecule has 4 rings (SSSR count). The van der Waals surface area contributed by atoms with E-state index in [2.05, 4.69) is 24.8 Å². The Balaban J connectivity index is 0.00000361. The predicted molar refractivity (Wildman–Crippen MR) is 153 cm³/mol. The van der Waals surface area contributed by atoms with Gasteiger partial charge in [-0.3, -0.25) is 9.69 Å². The summed E-state index contributed by atoms with van der Waals surface area (Å²) in [5.41, 5.74) is 1.32. The molecule has 0 N–H and O–H groups in total. The van der Waals surface area contributed by atoms with E-state index in [4.69, 9.17) is 4.98 Å². The van der Waals surface area contributed by atoms with Crippen LogP contribution in [0.15, 0.2) is 52.3 Å². The Morgan fingerprint density at radius 1 is 1.06 bits per heavy atom. The summed E-state index contributed by atoms with van der Waals surface area (Å²) < 4.78 is 28.3. The zero-order chi connectivity index (χ0) is 25.0. The van der Waals surface area contributed by atoms with Crippen molar-refractivity contribution in [2.45, 2.75) is 36.5 Å². The molecule has 7 nitrogen and oxygen atoms in total. The molecule has 0 aliphatic carbocycles. The third-order valence-electron chi connectivity index (χ3n) is 6.40. The molecule has 1 aliphatic rings. The second-order valence-corrected chi connectivity index (χ2v) is 12.3. The lowest BCUT2D eigenvalue weighted by atomic mass is 10.2. The number of amides is 1. The minimum Gasteiger partial charge on any atom is -0.302 e. The number of thioether (sulfide) groups is 1. The van der Waals surface area contributed by atoms with Crippen LogP contribution in [-0.4, -0.2) is 74.0 Å². The van der Waals surface area contributed by atoms with Crippen molar-refractivity contribution >= 4 is 66.8 Å². The van der Waals surface area contributed by atoms with Crippen molar-refractivity contribution < 1.29 is 13.2 Å². The number of thiazole rings is 1. The number of aromatic nitrogens is 1. The quantitative estimate of drug-likeness (QED) is 0.312. The number of benzene rings is 2. The van der Waals surface area contributed by atoms with Crippen LogP contribution in [0.1, 0.15) is 37.0 Å². The first-order chi connectivity index (χ1) is 16.9. The number of rotatable bonds is 10. The van der Waals surface area contributed by atoms with Gasteiger partial charge in [0.25, 0.3) is 5.91 Å². The first-order valence-corrected chi connectivity index (χ1v) is 15.4. The molecule has 0 saturated carbocycles. The predicted octanol–water partition coefficient (Wildman–Crippen LogP) is 5.21. The smallest absolute Gasteiger partial charge is 0.260 e. The van der Waals surface area contributed by atoms with Crippen LogP contribution < -0.4 is 4.90 Å². The monoisotopic (exact) mass is 568 g/mol. The fourth-order valence-electron chi connectivity index (χ4n) is 4.20. The van der Waals surface area contributed by atoms with Gasteiger partial charge in [-0.05, 0) is 74.7 Å². The van der Waals surface area contributed by atoms with Gasteiger partial charge in [-0.15, -0.1) is 24.2 Å². The van der Waals surface area contributed by atoms with Gasteiger partial charge in [0.05, 0.1) is 15.1 Å². The van der Waals surface area contributed by atoms with E-state index < -0.39 is 10.0 Å². The number of hydrogen-bond donors (Lipinski definition) is 0. The Hall–Kier alpha value is -1.69. The molecule has 2 heterocycles. The summed E-state index contributed by atoms with van der Waals surface area (Å²) in [4.78, 5) is 23.8. The van der Waals surface area contributed by atoms with Gasteiger partial charge < -0.3 is 4.90 Å². The molecule has 3 aromatic rings. The molecule has 1 aliphatic heterocycles. The summed E-state index contributed by atoms with van der Waals surface area (Å²) >= 11 is 3.18. The minimum atomic E-state index is -3.52. The van der Waals surface area contributed by atoms with Crippen molar-refractivity contribution in [3.05, 3.63) is 48.0 Å². The van der Waals surface area contributed by atoms with Crippen LogP contribution in [0.2, 0.25) is 0 Å². The summed E-state index contributed by atoms with van der Waals surface area (Å²) in [6.45, 7) is 8.36. The highest BCUT2D eigenvalue weighted by atomic mass is 35.5. The van der Waals surface area contributed by atoms with Gasteiger partial charge in [-0.1, -0.05) is 25.2 Å². The van der Waals surface area contributed by atoms with Crippen molar-refractivity contribution in [2.75, 3.05) is 50.4 Å². The third-order valence-corrected chi connectivity index (χ3v) is 10.1. The maximum Gasteiger partial charge on any atom is 0.260 e. The van der Waals surface area contributed by atoms with Gasteiger partial charge in [-0.2, -0.15) is 4.31 Å². The summed E-state index contributed by atoms with van der Waals surface area (Å²) in [5.74, 6) is -0.175. The summed E-state index contributed by atoms with van der Waals surface area (Å²) in [5, 5.41) is 0.657. The Labute approximate surface area is 228 Å². The van der Waals surface area contributed by atoms with Crippen molar-refractivity contribution in [1.29, 1.82) is 0 Å². The van der Waals surface area contributed by atoms with E-state index in [1.54, 1.807) is 40.9 Å². The number of nitrogens with zero attached hydrogens (tertiary/aromatic N) is 4. The van der Waals surface area contributed by atoms with Crippen molar-refractivity contribution in [2.24, 2.45) is 0 Å². The Kier molecular flexibility index (Phi) is 10.2. The van der Waals surface area contributed by atoms with Crippen LogP contribution in [-0.2, 0) is 10.0 Å². The number of sulfonamides is 1. The van der Waals surface area contributed by atoms with Crippen LogP contribution in [0.3, 0.4) is 0 Å². The van der Waals surface area contributed by atoms with Gasteiger partial charge in [0.15, 0.2) is 5.13 Å². The maximum atomic E-state index is 13.7. The van der Waals surface area contributed by atoms with Crippen molar-refractivity contribution in [1.82, 2.24) is 14.2 Å². The van der Waals surface area contributed by atoms with Crippen LogP contribution in [0.25, 0.3) is 10.2 Å². The molecule has 0 atom stereocenters. The molecule has 0 radical (unpaired) electrons. The number of halogens is 1. The second-order valence-electron chi connectivity index (χ2n) is 8.45. The molecule has 0 bridgehead atoms. The SMILES string of the molecule is CCN(CC)CCN(C(=O)c1ccc(S(=O)(=O)N2CCCC2)cc1)c1nc2ccc(SC)cc2s1.Cl. The summed E-state index contributed by atoms with van der Waals surface area (Å²) in [6, 6.07) is 12.5. The number of carbonyl (C=O) groups is 1. The highest BCUT2D eigenvalue weighted by Crippen LogP contribution is 2.32. The minimum absolute atomic E-state index is 0. The van der Waals surface area contributed by atoms with Gasteiger partial charge in [0.1, 0.15) is 0 Å². The molecule has 1 aromatic heterocycles. The molecule has 1 amide bonds. The normalized spacial score (nSPS) is 14.3. The maximum absolute atomic E-state index is 13.7. The molecule has 11 heteroatoms. The zero-order valence-corrected chi connectivity index (χ0v) is 24.1. The zero-order valence-electron chi connectivity index (χ0n) is 20.8. The van der Waals surface area contributed by atoms with E-state index >= 15 is 0 Å². The van der Waals surface area contributed by atoms with Crippen LogP contribution in [0.4, 0.5) is 5.13 Å². The van der Waals surface area contributed by atoms with E-state index in [1.165, 1.54) is 15.6 Å². The molecule has 0 spiro atoms. The lowest BCUT2D eigenvalue weighted by Gasteiger charge is -2.25. The van der Waals surface area contributed by atoms with Gasteiger partial charge in [-0.25, -0.2) is 13.4 Å². The van der Waals surface area contributed by atoms with E-state index in [0.717, 1.165) is 47.6 Å². The Morgan fingerprint density at radius 2 is 1.72 bits per heavy atom. The lowest BCUT2D eigenvalue weighted by Crippen LogP contribution is -2.38. The molecule has 36 heavy (non-hydrogen) atoms. The number of carbonyl (C=O) groups excluding carboxylic acids is 1. The van der Waals surface area contributed by atoms with Crippen molar-refractivity contribution in [3.63, 3.8) is 0 Å². The largest absolute Gasteiger partial charge is 0.302 e. The molecule has 196 valence electrons. The number of fused-ring (bicyclic) bond motifs is 1. The molecule has 0 unspecified atom stereocenters.